The summed E-state index contributed by atoms with van der Waals surface area (Å²) in [6.07, 6.45) is 0. The topological polar surface area (TPSA) is 14.2 Å². The Balaban J connectivity index is 1.64. The molecule has 0 unspecified atom stereocenters. The summed E-state index contributed by atoms with van der Waals surface area (Å²) in [6.45, 7) is 2.89. The van der Waals surface area contributed by atoms with Crippen molar-refractivity contribution in [2.45, 2.75) is 13.5 Å². The van der Waals surface area contributed by atoms with Gasteiger partial charge in [0.2, 0.25) is 0 Å². The predicted octanol–water partition coefficient (Wildman–Crippen LogP) is 6.97. The lowest BCUT2D eigenvalue weighted by Crippen LogP contribution is -2.02. The van der Waals surface area contributed by atoms with Gasteiger partial charge in [0, 0.05) is 23.0 Å². The Morgan fingerprint density at radius 1 is 0.800 bits per heavy atom. The van der Waals surface area contributed by atoms with Crippen LogP contribution in [0, 0.1) is 12.7 Å². The molecule has 30 heavy (non-hydrogen) atoms. The standard InChI is InChI=1S/C27H22FNO/c1-18-14-25-26(30-2)16-22-7-3-4-9-24(22)27(25)29(18)17-19-6-5-8-21(15-19)20-10-12-23(28)13-11-20/h3-16H,17H2,1-2H3. The smallest absolute Gasteiger partial charge is 0.128 e. The SMILES string of the molecule is COc1cc2ccccc2c2c1cc(C)n2Cc1cccc(-c2ccc(F)cc2)c1. The van der Waals surface area contributed by atoms with Gasteiger partial charge in [-0.3, -0.25) is 0 Å². The van der Waals surface area contributed by atoms with E-state index < -0.39 is 0 Å². The second-order valence-electron chi connectivity index (χ2n) is 7.64. The molecule has 0 bridgehead atoms. The molecule has 0 saturated heterocycles. The van der Waals surface area contributed by atoms with Crippen molar-refractivity contribution < 1.29 is 9.13 Å². The second kappa shape index (κ2) is 7.34. The Labute approximate surface area is 175 Å². The van der Waals surface area contributed by atoms with Crippen LogP contribution in [0.4, 0.5) is 4.39 Å². The number of fused-ring (bicyclic) bond motifs is 3. The van der Waals surface area contributed by atoms with Crippen molar-refractivity contribution in [1.29, 1.82) is 0 Å². The van der Waals surface area contributed by atoms with E-state index in [-0.39, 0.29) is 5.82 Å². The first kappa shape index (κ1) is 18.4. The highest BCUT2D eigenvalue weighted by Crippen LogP contribution is 2.36. The number of methoxy groups -OCH3 is 1. The first-order valence-corrected chi connectivity index (χ1v) is 10.0. The number of hydrogen-bond donors (Lipinski definition) is 0. The highest BCUT2D eigenvalue weighted by atomic mass is 19.1. The van der Waals surface area contributed by atoms with Crippen molar-refractivity contribution in [3.05, 3.63) is 102 Å². The van der Waals surface area contributed by atoms with E-state index in [0.717, 1.165) is 28.8 Å². The molecule has 5 rings (SSSR count). The van der Waals surface area contributed by atoms with Crippen molar-refractivity contribution in [2.75, 3.05) is 7.11 Å². The first-order valence-electron chi connectivity index (χ1n) is 10.0. The van der Waals surface area contributed by atoms with Crippen molar-refractivity contribution in [2.24, 2.45) is 0 Å². The van der Waals surface area contributed by atoms with Crippen LogP contribution in [-0.4, -0.2) is 11.7 Å². The van der Waals surface area contributed by atoms with E-state index in [1.54, 1.807) is 7.11 Å². The maximum Gasteiger partial charge on any atom is 0.128 e. The van der Waals surface area contributed by atoms with Gasteiger partial charge in [0.15, 0.2) is 0 Å². The molecule has 5 aromatic rings. The third-order valence-corrected chi connectivity index (χ3v) is 5.74. The van der Waals surface area contributed by atoms with Crippen molar-refractivity contribution >= 4 is 21.7 Å². The molecule has 0 saturated carbocycles. The van der Waals surface area contributed by atoms with Gasteiger partial charge < -0.3 is 9.30 Å². The minimum Gasteiger partial charge on any atom is -0.496 e. The number of halogens is 1. The Bertz CT molecular complexity index is 1370. The lowest BCUT2D eigenvalue weighted by atomic mass is 10.0. The number of ether oxygens (including phenoxy) is 1. The molecule has 0 N–H and O–H groups in total. The number of rotatable bonds is 4. The minimum atomic E-state index is -0.217. The lowest BCUT2D eigenvalue weighted by Gasteiger charge is -2.13. The molecule has 3 heteroatoms. The highest BCUT2D eigenvalue weighted by Gasteiger charge is 2.14. The fourth-order valence-corrected chi connectivity index (χ4v) is 4.26. The quantitative estimate of drug-likeness (QED) is 0.321. The van der Waals surface area contributed by atoms with Gasteiger partial charge in [-0.05, 0) is 59.3 Å². The van der Waals surface area contributed by atoms with Gasteiger partial charge >= 0.3 is 0 Å². The fraction of sp³-hybridized carbons (Fsp3) is 0.111. The van der Waals surface area contributed by atoms with E-state index in [1.165, 1.54) is 39.7 Å². The van der Waals surface area contributed by atoms with Crippen LogP contribution in [-0.2, 0) is 6.54 Å². The van der Waals surface area contributed by atoms with Gasteiger partial charge in [0.25, 0.3) is 0 Å². The molecule has 1 aromatic heterocycles. The normalized spacial score (nSPS) is 11.3. The summed E-state index contributed by atoms with van der Waals surface area (Å²) in [6, 6.07) is 27.8. The molecule has 0 radical (unpaired) electrons. The molecular weight excluding hydrogens is 373 g/mol. The third kappa shape index (κ3) is 3.13. The summed E-state index contributed by atoms with van der Waals surface area (Å²) in [5, 5.41) is 3.51. The van der Waals surface area contributed by atoms with Crippen molar-refractivity contribution in [1.82, 2.24) is 4.57 Å². The minimum absolute atomic E-state index is 0.217. The number of hydrogen-bond acceptors (Lipinski definition) is 1. The lowest BCUT2D eigenvalue weighted by molar-refractivity contribution is 0.420. The van der Waals surface area contributed by atoms with E-state index >= 15 is 0 Å². The molecule has 0 fully saturated rings. The average Bonchev–Trinajstić information content (AvgIpc) is 3.10. The highest BCUT2D eigenvalue weighted by molar-refractivity contribution is 6.09. The van der Waals surface area contributed by atoms with Gasteiger partial charge in [-0.25, -0.2) is 4.39 Å². The van der Waals surface area contributed by atoms with Crippen molar-refractivity contribution in [3.63, 3.8) is 0 Å². The van der Waals surface area contributed by atoms with E-state index in [2.05, 4.69) is 72.2 Å². The van der Waals surface area contributed by atoms with Gasteiger partial charge in [-0.1, -0.05) is 54.6 Å². The molecule has 0 atom stereocenters. The maximum atomic E-state index is 13.3. The monoisotopic (exact) mass is 395 g/mol. The molecule has 0 amide bonds. The van der Waals surface area contributed by atoms with E-state index in [4.69, 9.17) is 4.74 Å². The van der Waals surface area contributed by atoms with E-state index in [1.807, 2.05) is 12.1 Å². The zero-order chi connectivity index (χ0) is 20.7. The van der Waals surface area contributed by atoms with Crippen LogP contribution in [0.1, 0.15) is 11.3 Å². The third-order valence-electron chi connectivity index (χ3n) is 5.74. The number of aryl methyl sites for hydroxylation is 1. The van der Waals surface area contributed by atoms with Crippen LogP contribution in [0.25, 0.3) is 32.8 Å². The largest absolute Gasteiger partial charge is 0.496 e. The summed E-state index contributed by atoms with van der Waals surface area (Å²) >= 11 is 0. The van der Waals surface area contributed by atoms with Gasteiger partial charge in [-0.15, -0.1) is 0 Å². The predicted molar refractivity (Wildman–Crippen MR) is 122 cm³/mol. The van der Waals surface area contributed by atoms with Gasteiger partial charge in [0.05, 0.1) is 12.6 Å². The summed E-state index contributed by atoms with van der Waals surface area (Å²) < 4.78 is 21.4. The Morgan fingerprint density at radius 2 is 1.60 bits per heavy atom. The Morgan fingerprint density at radius 3 is 2.40 bits per heavy atom. The van der Waals surface area contributed by atoms with Crippen LogP contribution in [0.2, 0.25) is 0 Å². The van der Waals surface area contributed by atoms with E-state index in [0.29, 0.717) is 0 Å². The fourth-order valence-electron chi connectivity index (χ4n) is 4.26. The number of aromatic nitrogens is 1. The summed E-state index contributed by atoms with van der Waals surface area (Å²) in [7, 11) is 1.72. The Hall–Kier alpha value is -3.59. The number of benzene rings is 4. The van der Waals surface area contributed by atoms with Gasteiger partial charge in [0.1, 0.15) is 11.6 Å². The molecule has 0 aliphatic heterocycles. The molecule has 0 aliphatic rings. The molecule has 148 valence electrons. The van der Waals surface area contributed by atoms with Crippen LogP contribution >= 0.6 is 0 Å². The van der Waals surface area contributed by atoms with Crippen LogP contribution < -0.4 is 4.74 Å². The number of nitrogens with zero attached hydrogens (tertiary/aromatic N) is 1. The summed E-state index contributed by atoms with van der Waals surface area (Å²) in [5.74, 6) is 0.677. The Kier molecular flexibility index (Phi) is 4.51. The summed E-state index contributed by atoms with van der Waals surface area (Å²) in [4.78, 5) is 0. The average molecular weight is 395 g/mol. The summed E-state index contributed by atoms with van der Waals surface area (Å²) in [5.41, 5.74) is 5.68. The first-order chi connectivity index (χ1) is 14.6. The zero-order valence-corrected chi connectivity index (χ0v) is 17.0. The van der Waals surface area contributed by atoms with Gasteiger partial charge in [-0.2, -0.15) is 0 Å². The van der Waals surface area contributed by atoms with Crippen molar-refractivity contribution in [3.8, 4) is 16.9 Å². The molecule has 4 aromatic carbocycles. The van der Waals surface area contributed by atoms with Crippen LogP contribution in [0.5, 0.6) is 5.75 Å². The second-order valence-corrected chi connectivity index (χ2v) is 7.64. The molecule has 0 aliphatic carbocycles. The molecule has 2 nitrogen and oxygen atoms in total. The van der Waals surface area contributed by atoms with E-state index in [9.17, 15) is 4.39 Å². The van der Waals surface area contributed by atoms with Crippen LogP contribution in [0.15, 0.2) is 84.9 Å². The molecule has 1 heterocycles. The molecular formula is C27H22FNO. The maximum absolute atomic E-state index is 13.3. The molecule has 0 spiro atoms. The van der Waals surface area contributed by atoms with Crippen LogP contribution in [0.3, 0.4) is 0 Å². The zero-order valence-electron chi connectivity index (χ0n) is 17.0.